The average Bonchev–Trinajstić information content (AvgIpc) is 3.00. The van der Waals surface area contributed by atoms with Crippen LogP contribution in [0.15, 0.2) is 47.6 Å². The van der Waals surface area contributed by atoms with E-state index in [1.807, 2.05) is 17.0 Å². The minimum atomic E-state index is -4.22. The van der Waals surface area contributed by atoms with E-state index in [0.29, 0.717) is 74.6 Å². The van der Waals surface area contributed by atoms with Crippen molar-refractivity contribution in [1.29, 1.82) is 0 Å². The van der Waals surface area contributed by atoms with Gasteiger partial charge in [-0.1, -0.05) is 12.1 Å². The standard InChI is InChI=1S/C31H32F5N5O3/c1-19-22(5-6-26(37-19)20-7-11-40(12-8-20)18-31(34,35)36)17-44-29-24(15-23(32)16-25(29)33)27-3-2-4-28(38-27)41-13-9-21(10-14-41)30(42)39-43/h2-6,15-16,20-21H,7-14,17-18H2,1H3. The molecule has 0 atom stereocenters. The van der Waals surface area contributed by atoms with Crippen LogP contribution in [0, 0.1) is 29.4 Å². The lowest BCUT2D eigenvalue weighted by atomic mass is 9.92. The Bertz CT molecular complexity index is 1500. The van der Waals surface area contributed by atoms with E-state index in [2.05, 4.69) is 15.1 Å². The quantitative estimate of drug-likeness (QED) is 0.209. The van der Waals surface area contributed by atoms with Gasteiger partial charge < -0.3 is 9.64 Å². The van der Waals surface area contributed by atoms with Crippen LogP contribution in [-0.2, 0) is 11.4 Å². The number of piperidine rings is 2. The van der Waals surface area contributed by atoms with Gasteiger partial charge in [0.15, 0.2) is 11.6 Å². The summed E-state index contributed by atoms with van der Waals surface area (Å²) in [5, 5.41) is 2.53. The van der Waals surface area contributed by atoms with Crippen LogP contribution in [0.2, 0.25) is 0 Å². The van der Waals surface area contributed by atoms with Gasteiger partial charge in [0.25, 0.3) is 5.91 Å². The zero-order valence-electron chi connectivity index (χ0n) is 24.1. The van der Waals surface area contributed by atoms with Crippen molar-refractivity contribution < 1.29 is 31.5 Å². The molecule has 0 spiro atoms. The summed E-state index contributed by atoms with van der Waals surface area (Å²) in [6.45, 7) is 2.45. The molecule has 1 aromatic carbocycles. The number of nitroso groups, excluding NO2 is 1. The molecular weight excluding hydrogens is 585 g/mol. The van der Waals surface area contributed by atoms with Crippen molar-refractivity contribution in [3.63, 3.8) is 0 Å². The Morgan fingerprint density at radius 1 is 1.00 bits per heavy atom. The lowest BCUT2D eigenvalue weighted by Crippen LogP contribution is -2.39. The summed E-state index contributed by atoms with van der Waals surface area (Å²) >= 11 is 0. The van der Waals surface area contributed by atoms with E-state index in [9.17, 15) is 27.3 Å². The van der Waals surface area contributed by atoms with Gasteiger partial charge in [-0.3, -0.25) is 14.7 Å². The molecule has 0 radical (unpaired) electrons. The Morgan fingerprint density at radius 2 is 1.73 bits per heavy atom. The smallest absolute Gasteiger partial charge is 0.401 e. The Hall–Kier alpha value is -4.00. The predicted octanol–water partition coefficient (Wildman–Crippen LogP) is 6.56. The Labute approximate surface area is 251 Å². The van der Waals surface area contributed by atoms with Gasteiger partial charge >= 0.3 is 6.18 Å². The van der Waals surface area contributed by atoms with Gasteiger partial charge in [-0.15, -0.1) is 4.91 Å². The molecule has 4 heterocycles. The summed E-state index contributed by atoms with van der Waals surface area (Å²) in [5.74, 6) is -2.33. The predicted molar refractivity (Wildman–Crippen MR) is 153 cm³/mol. The SMILES string of the molecule is Cc1nc(C2CCN(CC(F)(F)F)CC2)ccc1COc1c(F)cc(F)cc1-c1cccc(N2CCC(C(=O)N=O)CC2)n1. The summed E-state index contributed by atoms with van der Waals surface area (Å²) in [5.41, 5.74) is 2.56. The van der Waals surface area contributed by atoms with Crippen LogP contribution < -0.4 is 9.64 Å². The number of alkyl halides is 3. The lowest BCUT2D eigenvalue weighted by molar-refractivity contribution is -0.148. The van der Waals surface area contributed by atoms with Crippen LogP contribution in [0.3, 0.4) is 0 Å². The number of ether oxygens (including phenoxy) is 1. The largest absolute Gasteiger partial charge is 0.485 e. The van der Waals surface area contributed by atoms with Crippen LogP contribution in [0.25, 0.3) is 11.3 Å². The van der Waals surface area contributed by atoms with Crippen molar-refractivity contribution >= 4 is 11.7 Å². The molecule has 1 amide bonds. The first kappa shape index (κ1) is 31.4. The molecule has 13 heteroatoms. The summed E-state index contributed by atoms with van der Waals surface area (Å²) in [4.78, 5) is 34.9. The van der Waals surface area contributed by atoms with Crippen LogP contribution in [0.1, 0.15) is 48.6 Å². The van der Waals surface area contributed by atoms with Crippen LogP contribution in [0.4, 0.5) is 27.8 Å². The van der Waals surface area contributed by atoms with Crippen molar-refractivity contribution in [1.82, 2.24) is 14.9 Å². The molecule has 0 bridgehead atoms. The molecule has 2 saturated heterocycles. The lowest BCUT2D eigenvalue weighted by Gasteiger charge is -2.32. The fourth-order valence-corrected chi connectivity index (χ4v) is 5.86. The maximum Gasteiger partial charge on any atom is 0.401 e. The number of likely N-dealkylation sites (tertiary alicyclic amines) is 1. The molecule has 0 aliphatic carbocycles. The third-order valence-electron chi connectivity index (χ3n) is 8.27. The van der Waals surface area contributed by atoms with E-state index in [-0.39, 0.29) is 23.8 Å². The number of anilines is 1. The molecule has 2 aromatic heterocycles. The van der Waals surface area contributed by atoms with Crippen molar-refractivity contribution in [3.05, 3.63) is 76.0 Å². The first-order valence-electron chi connectivity index (χ1n) is 14.5. The highest BCUT2D eigenvalue weighted by Crippen LogP contribution is 2.35. The topological polar surface area (TPSA) is 88.0 Å². The van der Waals surface area contributed by atoms with Gasteiger partial charge in [-0.2, -0.15) is 13.2 Å². The third-order valence-corrected chi connectivity index (χ3v) is 8.27. The third kappa shape index (κ3) is 7.55. The Morgan fingerprint density at radius 3 is 2.39 bits per heavy atom. The number of halogens is 5. The number of rotatable bonds is 8. The number of hydrogen-bond donors (Lipinski definition) is 0. The van der Waals surface area contributed by atoms with Gasteiger partial charge in [0.1, 0.15) is 18.2 Å². The second kappa shape index (κ2) is 13.3. The van der Waals surface area contributed by atoms with Crippen molar-refractivity contribution in [2.24, 2.45) is 11.1 Å². The second-order valence-electron chi connectivity index (χ2n) is 11.3. The molecule has 2 aliphatic rings. The van der Waals surface area contributed by atoms with Gasteiger partial charge in [-0.05, 0) is 70.0 Å². The monoisotopic (exact) mass is 617 g/mol. The molecule has 3 aromatic rings. The molecule has 5 rings (SSSR count). The molecule has 0 saturated carbocycles. The molecule has 8 nitrogen and oxygen atoms in total. The zero-order chi connectivity index (χ0) is 31.4. The summed E-state index contributed by atoms with van der Waals surface area (Å²) in [6.07, 6.45) is -2.18. The van der Waals surface area contributed by atoms with Gasteiger partial charge in [-0.25, -0.2) is 13.8 Å². The van der Waals surface area contributed by atoms with E-state index >= 15 is 4.39 Å². The molecule has 2 aliphatic heterocycles. The molecule has 0 N–H and O–H groups in total. The van der Waals surface area contributed by atoms with Gasteiger partial charge in [0.05, 0.1) is 12.2 Å². The van der Waals surface area contributed by atoms with E-state index in [1.165, 1.54) is 4.90 Å². The van der Waals surface area contributed by atoms with E-state index in [4.69, 9.17) is 4.74 Å². The number of amides is 1. The van der Waals surface area contributed by atoms with Crippen molar-refractivity contribution in [2.45, 2.75) is 51.3 Å². The molecule has 234 valence electrons. The highest BCUT2D eigenvalue weighted by Gasteiger charge is 2.33. The number of carbonyl (C=O) groups is 1. The number of aryl methyl sites for hydroxylation is 1. The summed E-state index contributed by atoms with van der Waals surface area (Å²) in [7, 11) is 0. The second-order valence-corrected chi connectivity index (χ2v) is 11.3. The zero-order valence-corrected chi connectivity index (χ0v) is 24.1. The number of pyridine rings is 2. The number of carbonyl (C=O) groups excluding carboxylic acids is 1. The fourth-order valence-electron chi connectivity index (χ4n) is 5.86. The normalized spacial score (nSPS) is 17.1. The van der Waals surface area contributed by atoms with E-state index in [0.717, 1.165) is 17.8 Å². The van der Waals surface area contributed by atoms with Crippen LogP contribution >= 0.6 is 0 Å². The van der Waals surface area contributed by atoms with Crippen LogP contribution in [-0.4, -0.2) is 59.7 Å². The summed E-state index contributed by atoms with van der Waals surface area (Å²) < 4.78 is 73.6. The van der Waals surface area contributed by atoms with Gasteiger partial charge in [0.2, 0.25) is 0 Å². The summed E-state index contributed by atoms with van der Waals surface area (Å²) in [6, 6.07) is 10.6. The molecule has 0 unspecified atom stereocenters. The number of nitrogens with zero attached hydrogens (tertiary/aromatic N) is 5. The first-order chi connectivity index (χ1) is 21.0. The molecule has 44 heavy (non-hydrogen) atoms. The highest BCUT2D eigenvalue weighted by molar-refractivity contribution is 5.79. The number of benzene rings is 1. The Balaban J connectivity index is 1.28. The average molecular weight is 618 g/mol. The maximum absolute atomic E-state index is 15.1. The highest BCUT2D eigenvalue weighted by atomic mass is 19.4. The van der Waals surface area contributed by atoms with Crippen molar-refractivity contribution in [3.8, 4) is 17.0 Å². The Kier molecular flexibility index (Phi) is 9.52. The molecular formula is C31H32F5N5O3. The minimum Gasteiger partial charge on any atom is -0.485 e. The van der Waals surface area contributed by atoms with E-state index in [1.54, 1.807) is 25.1 Å². The number of aromatic nitrogens is 2. The minimum absolute atomic E-state index is 0.0422. The first-order valence-corrected chi connectivity index (χ1v) is 14.5. The van der Waals surface area contributed by atoms with Crippen molar-refractivity contribution in [2.75, 3.05) is 37.6 Å². The molecule has 2 fully saturated rings. The number of hydrogen-bond acceptors (Lipinski definition) is 7. The van der Waals surface area contributed by atoms with E-state index < -0.39 is 36.2 Å². The van der Waals surface area contributed by atoms with Crippen LogP contribution in [0.5, 0.6) is 5.75 Å². The van der Waals surface area contributed by atoms with Gasteiger partial charge in [0, 0.05) is 58.7 Å². The maximum atomic E-state index is 15.1. The fraction of sp³-hybridized carbons (Fsp3) is 0.452.